The van der Waals surface area contributed by atoms with Crippen LogP contribution in [0.1, 0.15) is 11.1 Å². The number of aromatic nitrogens is 1. The maximum atomic E-state index is 5.45. The summed E-state index contributed by atoms with van der Waals surface area (Å²) >= 11 is 1.62. The lowest BCUT2D eigenvalue weighted by atomic mass is 10.0. The predicted octanol–water partition coefficient (Wildman–Crippen LogP) is 3.48. The molecule has 3 nitrogen and oxygen atoms in total. The largest absolute Gasteiger partial charge is 0.496 e. The van der Waals surface area contributed by atoms with Gasteiger partial charge in [0.25, 0.3) is 0 Å². The van der Waals surface area contributed by atoms with E-state index in [4.69, 9.17) is 4.74 Å². The molecule has 2 rings (SSSR count). The van der Waals surface area contributed by atoms with Crippen molar-refractivity contribution in [2.45, 2.75) is 13.8 Å². The lowest BCUT2D eigenvalue weighted by Crippen LogP contribution is -1.93. The molecule has 4 heteroatoms. The summed E-state index contributed by atoms with van der Waals surface area (Å²) in [5, 5.41) is 6.04. The van der Waals surface area contributed by atoms with Crippen LogP contribution < -0.4 is 10.1 Å². The molecule has 0 aliphatic carbocycles. The minimum Gasteiger partial charge on any atom is -0.496 e. The summed E-state index contributed by atoms with van der Waals surface area (Å²) in [5.74, 6) is 1.78. The lowest BCUT2D eigenvalue weighted by molar-refractivity contribution is 0.416. The van der Waals surface area contributed by atoms with E-state index in [1.807, 2.05) is 18.5 Å². The highest BCUT2D eigenvalue weighted by atomic mass is 32.1. The number of thiazole rings is 1. The molecule has 1 N–H and O–H groups in total. The highest BCUT2D eigenvalue weighted by Crippen LogP contribution is 2.36. The molecule has 0 saturated carbocycles. The van der Waals surface area contributed by atoms with Gasteiger partial charge in [-0.3, -0.25) is 0 Å². The zero-order valence-corrected chi connectivity index (χ0v) is 11.3. The van der Waals surface area contributed by atoms with Crippen molar-refractivity contribution in [3.63, 3.8) is 0 Å². The van der Waals surface area contributed by atoms with Gasteiger partial charge in [-0.05, 0) is 31.0 Å². The lowest BCUT2D eigenvalue weighted by Gasteiger charge is -2.10. The Labute approximate surface area is 105 Å². The Morgan fingerprint density at radius 1 is 1.29 bits per heavy atom. The predicted molar refractivity (Wildman–Crippen MR) is 73.1 cm³/mol. The van der Waals surface area contributed by atoms with Crippen molar-refractivity contribution in [1.29, 1.82) is 0 Å². The second-order valence-corrected chi connectivity index (χ2v) is 4.81. The molecule has 0 bridgehead atoms. The SMILES string of the molecule is CNc1csc(-c2c(C)cc(C)cc2OC)n1. The van der Waals surface area contributed by atoms with Gasteiger partial charge in [-0.25, -0.2) is 4.98 Å². The fourth-order valence-electron chi connectivity index (χ4n) is 1.87. The summed E-state index contributed by atoms with van der Waals surface area (Å²) in [5.41, 5.74) is 3.48. The van der Waals surface area contributed by atoms with Crippen LogP contribution in [0.15, 0.2) is 17.5 Å². The number of nitrogens with one attached hydrogen (secondary N) is 1. The van der Waals surface area contributed by atoms with Gasteiger partial charge in [-0.1, -0.05) is 6.07 Å². The Morgan fingerprint density at radius 3 is 2.65 bits per heavy atom. The van der Waals surface area contributed by atoms with E-state index in [9.17, 15) is 0 Å². The number of hydrogen-bond acceptors (Lipinski definition) is 4. The molecule has 0 saturated heterocycles. The Morgan fingerprint density at radius 2 is 2.06 bits per heavy atom. The summed E-state index contributed by atoms with van der Waals surface area (Å²) in [6.45, 7) is 4.16. The maximum absolute atomic E-state index is 5.45. The second kappa shape index (κ2) is 4.75. The number of rotatable bonds is 3. The monoisotopic (exact) mass is 248 g/mol. The highest BCUT2D eigenvalue weighted by Gasteiger charge is 2.13. The summed E-state index contributed by atoms with van der Waals surface area (Å²) in [4.78, 5) is 4.53. The van der Waals surface area contributed by atoms with E-state index in [1.165, 1.54) is 11.1 Å². The molecule has 0 radical (unpaired) electrons. The quantitative estimate of drug-likeness (QED) is 0.903. The van der Waals surface area contributed by atoms with Crippen LogP contribution in [0.25, 0.3) is 10.6 Å². The first kappa shape index (κ1) is 11.9. The zero-order chi connectivity index (χ0) is 12.4. The molecule has 90 valence electrons. The van der Waals surface area contributed by atoms with Gasteiger partial charge in [0.2, 0.25) is 0 Å². The van der Waals surface area contributed by atoms with Gasteiger partial charge < -0.3 is 10.1 Å². The van der Waals surface area contributed by atoms with Gasteiger partial charge in [-0.2, -0.15) is 0 Å². The molecule has 17 heavy (non-hydrogen) atoms. The normalized spacial score (nSPS) is 10.4. The average molecular weight is 248 g/mol. The van der Waals surface area contributed by atoms with E-state index in [1.54, 1.807) is 18.4 Å². The Balaban J connectivity index is 2.57. The van der Waals surface area contributed by atoms with Gasteiger partial charge in [0.05, 0.1) is 12.7 Å². The van der Waals surface area contributed by atoms with Crippen LogP contribution in [0, 0.1) is 13.8 Å². The molecule has 0 atom stereocenters. The molecule has 0 spiro atoms. The van der Waals surface area contributed by atoms with E-state index in [0.29, 0.717) is 0 Å². The molecule has 0 fully saturated rings. The number of anilines is 1. The van der Waals surface area contributed by atoms with Crippen molar-refractivity contribution in [2.24, 2.45) is 0 Å². The van der Waals surface area contributed by atoms with Crippen LogP contribution >= 0.6 is 11.3 Å². The van der Waals surface area contributed by atoms with E-state index in [-0.39, 0.29) is 0 Å². The topological polar surface area (TPSA) is 34.1 Å². The van der Waals surface area contributed by atoms with E-state index in [2.05, 4.69) is 30.2 Å². The van der Waals surface area contributed by atoms with Crippen LogP contribution in [0.4, 0.5) is 5.82 Å². The summed E-state index contributed by atoms with van der Waals surface area (Å²) in [7, 11) is 3.57. The fourth-order valence-corrected chi connectivity index (χ4v) is 2.79. The fraction of sp³-hybridized carbons (Fsp3) is 0.308. The van der Waals surface area contributed by atoms with E-state index < -0.39 is 0 Å². The molecule has 0 amide bonds. The second-order valence-electron chi connectivity index (χ2n) is 3.95. The number of ether oxygens (including phenoxy) is 1. The molecule has 1 heterocycles. The van der Waals surface area contributed by atoms with Gasteiger partial charge in [-0.15, -0.1) is 11.3 Å². The third kappa shape index (κ3) is 2.26. The average Bonchev–Trinajstić information content (AvgIpc) is 2.76. The number of hydrogen-bond donors (Lipinski definition) is 1. The van der Waals surface area contributed by atoms with Crippen LogP contribution in [-0.2, 0) is 0 Å². The van der Waals surface area contributed by atoms with Gasteiger partial charge >= 0.3 is 0 Å². The van der Waals surface area contributed by atoms with Crippen LogP contribution in [0.2, 0.25) is 0 Å². The van der Waals surface area contributed by atoms with Crippen molar-refractivity contribution in [3.8, 4) is 16.3 Å². The Hall–Kier alpha value is -1.55. The van der Waals surface area contributed by atoms with Gasteiger partial charge in [0.15, 0.2) is 0 Å². The van der Waals surface area contributed by atoms with Crippen LogP contribution in [0.3, 0.4) is 0 Å². The number of methoxy groups -OCH3 is 1. The molecular formula is C13H16N2OS. The maximum Gasteiger partial charge on any atom is 0.137 e. The minimum absolute atomic E-state index is 0.888. The molecular weight excluding hydrogens is 232 g/mol. The van der Waals surface area contributed by atoms with E-state index in [0.717, 1.165) is 22.1 Å². The minimum atomic E-state index is 0.888. The van der Waals surface area contributed by atoms with Crippen molar-refractivity contribution in [1.82, 2.24) is 4.98 Å². The summed E-state index contributed by atoms with van der Waals surface area (Å²) < 4.78 is 5.45. The molecule has 1 aromatic carbocycles. The third-order valence-electron chi connectivity index (χ3n) is 2.64. The van der Waals surface area contributed by atoms with E-state index >= 15 is 0 Å². The Bertz CT molecular complexity index is 534. The Kier molecular flexibility index (Phi) is 3.33. The van der Waals surface area contributed by atoms with Crippen molar-refractivity contribution >= 4 is 17.2 Å². The first-order valence-corrected chi connectivity index (χ1v) is 6.32. The summed E-state index contributed by atoms with van der Waals surface area (Å²) in [6.07, 6.45) is 0. The standard InChI is InChI=1S/C13H16N2OS/c1-8-5-9(2)12(10(6-8)16-4)13-15-11(14-3)7-17-13/h5-7,14H,1-4H3. The van der Waals surface area contributed by atoms with Crippen LogP contribution in [-0.4, -0.2) is 19.1 Å². The summed E-state index contributed by atoms with van der Waals surface area (Å²) in [6, 6.07) is 4.20. The van der Waals surface area contributed by atoms with Crippen molar-refractivity contribution < 1.29 is 4.74 Å². The number of nitrogens with zero attached hydrogens (tertiary/aromatic N) is 1. The van der Waals surface area contributed by atoms with Gasteiger partial charge in [0.1, 0.15) is 16.6 Å². The molecule has 0 aliphatic heterocycles. The number of aryl methyl sites for hydroxylation is 2. The highest BCUT2D eigenvalue weighted by molar-refractivity contribution is 7.13. The first-order chi connectivity index (χ1) is 8.15. The third-order valence-corrected chi connectivity index (χ3v) is 3.50. The molecule has 1 aromatic heterocycles. The van der Waals surface area contributed by atoms with Crippen molar-refractivity contribution in [3.05, 3.63) is 28.6 Å². The molecule has 0 unspecified atom stereocenters. The smallest absolute Gasteiger partial charge is 0.137 e. The molecule has 2 aromatic rings. The zero-order valence-electron chi connectivity index (χ0n) is 10.5. The van der Waals surface area contributed by atoms with Crippen LogP contribution in [0.5, 0.6) is 5.75 Å². The molecule has 0 aliphatic rings. The number of benzene rings is 1. The van der Waals surface area contributed by atoms with Gasteiger partial charge in [0, 0.05) is 12.4 Å². The van der Waals surface area contributed by atoms with Crippen molar-refractivity contribution in [2.75, 3.05) is 19.5 Å². The first-order valence-electron chi connectivity index (χ1n) is 5.44.